The fraction of sp³-hybridized carbons (Fsp3) is 0.316. The molecular weight excluding hydrogens is 475 g/mol. The molecule has 2 rings (SSSR count). The van der Waals surface area contributed by atoms with E-state index in [1.807, 2.05) is 0 Å². The molecule has 1 N–H and O–H groups in total. The minimum atomic E-state index is -3.70. The Labute approximate surface area is 190 Å². The molecule has 2 aromatic rings. The van der Waals surface area contributed by atoms with Crippen molar-refractivity contribution in [1.82, 2.24) is 4.31 Å². The van der Waals surface area contributed by atoms with Gasteiger partial charge in [-0.2, -0.15) is 4.31 Å². The van der Waals surface area contributed by atoms with E-state index in [-0.39, 0.29) is 31.4 Å². The first-order valence-corrected chi connectivity index (χ1v) is 11.5. The highest BCUT2D eigenvalue weighted by Gasteiger charge is 2.23. The Bertz CT molecular complexity index is 1030. The number of rotatable bonds is 9. The van der Waals surface area contributed by atoms with Crippen LogP contribution in [0, 0.1) is 0 Å². The summed E-state index contributed by atoms with van der Waals surface area (Å²) in [6, 6.07) is 7.05. The molecule has 0 saturated carbocycles. The van der Waals surface area contributed by atoms with Crippen LogP contribution in [-0.2, 0) is 14.8 Å². The van der Waals surface area contributed by atoms with Crippen molar-refractivity contribution in [2.24, 2.45) is 0 Å². The number of benzene rings is 2. The van der Waals surface area contributed by atoms with E-state index >= 15 is 0 Å². The predicted molar refractivity (Wildman–Crippen MR) is 119 cm³/mol. The number of amides is 1. The maximum atomic E-state index is 12.7. The smallest absolute Gasteiger partial charge is 0.262 e. The highest BCUT2D eigenvalue weighted by Crippen LogP contribution is 2.34. The third-order valence-electron chi connectivity index (χ3n) is 4.12. The van der Waals surface area contributed by atoms with Gasteiger partial charge in [-0.05, 0) is 24.3 Å². The summed E-state index contributed by atoms with van der Waals surface area (Å²) in [5.41, 5.74) is 0.194. The molecule has 0 aliphatic rings. The largest absolute Gasteiger partial charge is 0.495 e. The first-order chi connectivity index (χ1) is 14.1. The van der Waals surface area contributed by atoms with Crippen LogP contribution in [0.3, 0.4) is 0 Å². The number of hydrogen-bond acceptors (Lipinski definition) is 5. The Balaban J connectivity index is 2.21. The number of halogens is 3. The van der Waals surface area contributed by atoms with Gasteiger partial charge < -0.3 is 14.8 Å². The molecule has 0 atom stereocenters. The topological polar surface area (TPSA) is 84.9 Å². The van der Waals surface area contributed by atoms with Gasteiger partial charge in [-0.25, -0.2) is 8.42 Å². The molecule has 164 valence electrons. The van der Waals surface area contributed by atoms with Crippen LogP contribution in [0.5, 0.6) is 11.5 Å². The summed E-state index contributed by atoms with van der Waals surface area (Å²) in [6.45, 7) is 3.75. The molecular formula is C19H21Cl3N2O5S. The normalized spacial score (nSPS) is 11.4. The lowest BCUT2D eigenvalue weighted by Crippen LogP contribution is -2.30. The van der Waals surface area contributed by atoms with E-state index in [2.05, 4.69) is 5.32 Å². The Morgan fingerprint density at radius 1 is 1.00 bits per heavy atom. The van der Waals surface area contributed by atoms with Crippen LogP contribution in [0.2, 0.25) is 15.1 Å². The second-order valence-corrected chi connectivity index (χ2v) is 9.14. The molecule has 0 aliphatic heterocycles. The highest BCUT2D eigenvalue weighted by molar-refractivity contribution is 7.89. The summed E-state index contributed by atoms with van der Waals surface area (Å²) in [5.74, 6) is -0.0618. The molecule has 0 heterocycles. The lowest BCUT2D eigenvalue weighted by molar-refractivity contribution is -0.118. The monoisotopic (exact) mass is 494 g/mol. The molecule has 0 aromatic heterocycles. The van der Waals surface area contributed by atoms with Crippen LogP contribution >= 0.6 is 34.8 Å². The summed E-state index contributed by atoms with van der Waals surface area (Å²) >= 11 is 17.8. The number of hydrogen-bond donors (Lipinski definition) is 1. The first-order valence-electron chi connectivity index (χ1n) is 8.89. The number of anilines is 1. The number of methoxy groups -OCH3 is 1. The molecule has 2 aromatic carbocycles. The number of nitrogens with one attached hydrogen (secondary N) is 1. The zero-order valence-corrected chi connectivity index (χ0v) is 19.6. The maximum Gasteiger partial charge on any atom is 0.262 e. The van der Waals surface area contributed by atoms with Gasteiger partial charge in [0, 0.05) is 19.2 Å². The predicted octanol–water partition coefficient (Wildman–Crippen LogP) is 4.70. The fourth-order valence-corrected chi connectivity index (χ4v) is 4.68. The molecule has 0 spiro atoms. The molecule has 1 amide bonds. The van der Waals surface area contributed by atoms with Crippen LogP contribution in [0.15, 0.2) is 35.2 Å². The van der Waals surface area contributed by atoms with E-state index in [1.54, 1.807) is 13.8 Å². The van der Waals surface area contributed by atoms with Crippen LogP contribution in [0.4, 0.5) is 5.69 Å². The van der Waals surface area contributed by atoms with Crippen molar-refractivity contribution in [2.75, 3.05) is 32.1 Å². The van der Waals surface area contributed by atoms with E-state index < -0.39 is 22.5 Å². The van der Waals surface area contributed by atoms with Crippen LogP contribution in [-0.4, -0.2) is 45.4 Å². The second kappa shape index (κ2) is 10.5. The highest BCUT2D eigenvalue weighted by atomic mass is 35.5. The summed E-state index contributed by atoms with van der Waals surface area (Å²) in [5, 5.41) is 3.27. The number of nitrogens with zero attached hydrogens (tertiary/aromatic N) is 1. The number of carbonyl (C=O) groups is 1. The van der Waals surface area contributed by atoms with Gasteiger partial charge in [0.15, 0.2) is 6.61 Å². The lowest BCUT2D eigenvalue weighted by atomic mass is 10.3. The second-order valence-electron chi connectivity index (χ2n) is 5.99. The molecule has 0 aliphatic carbocycles. The Kier molecular flexibility index (Phi) is 8.63. The van der Waals surface area contributed by atoms with E-state index in [0.717, 1.165) is 0 Å². The first kappa shape index (κ1) is 24.6. The van der Waals surface area contributed by atoms with Gasteiger partial charge in [0.05, 0.1) is 32.8 Å². The third-order valence-corrected chi connectivity index (χ3v) is 7.19. The summed E-state index contributed by atoms with van der Waals surface area (Å²) in [4.78, 5) is 12.4. The van der Waals surface area contributed by atoms with E-state index in [9.17, 15) is 13.2 Å². The zero-order chi connectivity index (χ0) is 22.5. The van der Waals surface area contributed by atoms with Gasteiger partial charge in [-0.1, -0.05) is 48.7 Å². The van der Waals surface area contributed by atoms with E-state index in [0.29, 0.717) is 18.8 Å². The third kappa shape index (κ3) is 5.70. The molecule has 0 saturated heterocycles. The minimum absolute atomic E-state index is 0.0377. The van der Waals surface area contributed by atoms with Crippen molar-refractivity contribution in [3.8, 4) is 11.5 Å². The van der Waals surface area contributed by atoms with Gasteiger partial charge in [-0.15, -0.1) is 0 Å². The van der Waals surface area contributed by atoms with Crippen molar-refractivity contribution in [2.45, 2.75) is 18.7 Å². The quantitative estimate of drug-likeness (QED) is 0.510. The number of sulfonamides is 1. The van der Waals surface area contributed by atoms with E-state index in [4.69, 9.17) is 44.3 Å². The van der Waals surface area contributed by atoms with Gasteiger partial charge in [0.2, 0.25) is 10.0 Å². The minimum Gasteiger partial charge on any atom is -0.495 e. The average Bonchev–Trinajstić information content (AvgIpc) is 2.70. The summed E-state index contributed by atoms with van der Waals surface area (Å²) in [7, 11) is -2.29. The van der Waals surface area contributed by atoms with Crippen LogP contribution in [0.25, 0.3) is 0 Å². The summed E-state index contributed by atoms with van der Waals surface area (Å²) < 4.78 is 37.4. The Morgan fingerprint density at radius 2 is 1.63 bits per heavy atom. The Hall–Kier alpha value is -1.71. The molecule has 11 heteroatoms. The Morgan fingerprint density at radius 3 is 2.23 bits per heavy atom. The molecule has 0 bridgehead atoms. The zero-order valence-electron chi connectivity index (χ0n) is 16.5. The molecule has 30 heavy (non-hydrogen) atoms. The van der Waals surface area contributed by atoms with Crippen LogP contribution < -0.4 is 14.8 Å². The van der Waals surface area contributed by atoms with Crippen molar-refractivity contribution >= 4 is 56.4 Å². The SMILES string of the molecule is CCN(CC)S(=O)(=O)c1ccc(OC)c(NC(=O)COc2cc(Cl)c(Cl)cc2Cl)c1. The fourth-order valence-electron chi connectivity index (χ4n) is 2.60. The molecule has 0 unspecified atom stereocenters. The van der Waals surface area contributed by atoms with Crippen molar-refractivity contribution in [1.29, 1.82) is 0 Å². The lowest BCUT2D eigenvalue weighted by Gasteiger charge is -2.19. The molecule has 7 nitrogen and oxygen atoms in total. The molecule has 0 radical (unpaired) electrons. The van der Waals surface area contributed by atoms with Crippen LogP contribution in [0.1, 0.15) is 13.8 Å². The van der Waals surface area contributed by atoms with Gasteiger partial charge in [-0.3, -0.25) is 4.79 Å². The van der Waals surface area contributed by atoms with Crippen molar-refractivity contribution < 1.29 is 22.7 Å². The maximum absolute atomic E-state index is 12.7. The molecule has 0 fully saturated rings. The van der Waals surface area contributed by atoms with Gasteiger partial charge >= 0.3 is 0 Å². The van der Waals surface area contributed by atoms with E-state index in [1.165, 1.54) is 41.7 Å². The van der Waals surface area contributed by atoms with Gasteiger partial charge in [0.25, 0.3) is 5.91 Å². The van der Waals surface area contributed by atoms with Crippen molar-refractivity contribution in [3.63, 3.8) is 0 Å². The van der Waals surface area contributed by atoms with Gasteiger partial charge in [0.1, 0.15) is 11.5 Å². The standard InChI is InChI=1S/C19H21Cl3N2O5S/c1-4-24(5-2)30(26,27)12-6-7-17(28-3)16(8-12)23-19(25)11-29-18-10-14(21)13(20)9-15(18)22/h6-10H,4-5,11H2,1-3H3,(H,23,25). The van der Waals surface area contributed by atoms with Crippen molar-refractivity contribution in [3.05, 3.63) is 45.4 Å². The number of carbonyl (C=O) groups excluding carboxylic acids is 1. The number of ether oxygens (including phenoxy) is 2. The average molecular weight is 496 g/mol. The summed E-state index contributed by atoms with van der Waals surface area (Å²) in [6.07, 6.45) is 0.